The van der Waals surface area contributed by atoms with Crippen LogP contribution in [0.1, 0.15) is 52.9 Å². The molecular formula is C20H24O5. The van der Waals surface area contributed by atoms with E-state index in [2.05, 4.69) is 6.92 Å². The van der Waals surface area contributed by atoms with Gasteiger partial charge in [0, 0.05) is 35.3 Å². The second-order valence-corrected chi connectivity index (χ2v) is 7.37. The number of hydrogen-bond donors (Lipinski definition) is 1. The van der Waals surface area contributed by atoms with Gasteiger partial charge in [-0.25, -0.2) is 0 Å². The highest BCUT2D eigenvalue weighted by Crippen LogP contribution is 2.63. The van der Waals surface area contributed by atoms with Crippen LogP contribution < -0.4 is 0 Å². The van der Waals surface area contributed by atoms with E-state index in [0.29, 0.717) is 0 Å². The van der Waals surface area contributed by atoms with Gasteiger partial charge in [-0.05, 0) is 50.3 Å². The fraction of sp³-hybridized carbons (Fsp3) is 0.550. The van der Waals surface area contributed by atoms with Crippen molar-refractivity contribution in [2.75, 3.05) is 6.61 Å². The normalized spacial score (nSPS) is 23.7. The molecule has 0 bridgehead atoms. The molecule has 5 nitrogen and oxygen atoms in total. The number of allylic oxidation sites excluding steroid dienone is 4. The van der Waals surface area contributed by atoms with Crippen molar-refractivity contribution in [1.29, 1.82) is 0 Å². The van der Waals surface area contributed by atoms with Crippen molar-refractivity contribution < 1.29 is 24.2 Å². The summed E-state index contributed by atoms with van der Waals surface area (Å²) in [7, 11) is 0. The molecule has 5 heteroatoms. The molecule has 0 heterocycles. The van der Waals surface area contributed by atoms with Gasteiger partial charge in [-0.3, -0.25) is 14.4 Å². The molecule has 1 N–H and O–H groups in total. The molecule has 0 aromatic heterocycles. The molecule has 0 aromatic carbocycles. The topological polar surface area (TPSA) is 80.7 Å². The number of hydrogen-bond acceptors (Lipinski definition) is 4. The lowest BCUT2D eigenvalue weighted by atomic mass is 9.70. The first-order chi connectivity index (χ1) is 11.8. The lowest BCUT2D eigenvalue weighted by molar-refractivity contribution is -0.143. The van der Waals surface area contributed by atoms with Crippen molar-refractivity contribution in [2.45, 2.75) is 52.9 Å². The molecule has 0 radical (unpaired) electrons. The van der Waals surface area contributed by atoms with Gasteiger partial charge in [0.2, 0.25) is 0 Å². The predicted octanol–water partition coefficient (Wildman–Crippen LogP) is 3.36. The van der Waals surface area contributed by atoms with Crippen molar-refractivity contribution in [3.05, 3.63) is 33.9 Å². The third-order valence-corrected chi connectivity index (χ3v) is 5.96. The van der Waals surface area contributed by atoms with Gasteiger partial charge in [-0.2, -0.15) is 0 Å². The maximum absolute atomic E-state index is 12.7. The minimum Gasteiger partial charge on any atom is -0.481 e. The molecule has 0 unspecified atom stereocenters. The van der Waals surface area contributed by atoms with Crippen LogP contribution in [-0.2, 0) is 19.1 Å². The Bertz CT molecular complexity index is 746. The molecule has 0 saturated heterocycles. The number of rotatable bonds is 6. The second kappa shape index (κ2) is 6.28. The van der Waals surface area contributed by atoms with Gasteiger partial charge < -0.3 is 9.84 Å². The molecule has 1 spiro atoms. The first-order valence-corrected chi connectivity index (χ1v) is 8.83. The van der Waals surface area contributed by atoms with Crippen molar-refractivity contribution >= 4 is 17.7 Å². The summed E-state index contributed by atoms with van der Waals surface area (Å²) in [6, 6.07) is 0. The van der Waals surface area contributed by atoms with Crippen LogP contribution in [0, 0.1) is 11.3 Å². The molecule has 0 aliphatic heterocycles. The van der Waals surface area contributed by atoms with Gasteiger partial charge in [0.1, 0.15) is 6.61 Å². The van der Waals surface area contributed by atoms with Crippen LogP contribution in [0.15, 0.2) is 33.9 Å². The molecule has 0 amide bonds. The molecule has 134 valence electrons. The first kappa shape index (κ1) is 17.6. The Kier molecular flexibility index (Phi) is 4.43. The van der Waals surface area contributed by atoms with E-state index in [1.807, 2.05) is 19.9 Å². The van der Waals surface area contributed by atoms with Crippen LogP contribution in [0.4, 0.5) is 0 Å². The Morgan fingerprint density at radius 2 is 1.96 bits per heavy atom. The zero-order valence-electron chi connectivity index (χ0n) is 15.0. The van der Waals surface area contributed by atoms with Crippen LogP contribution in [0.5, 0.6) is 0 Å². The Morgan fingerprint density at radius 3 is 2.56 bits per heavy atom. The van der Waals surface area contributed by atoms with Crippen molar-refractivity contribution in [3.8, 4) is 0 Å². The van der Waals surface area contributed by atoms with E-state index in [0.717, 1.165) is 35.1 Å². The van der Waals surface area contributed by atoms with Crippen LogP contribution in [0.25, 0.3) is 0 Å². The quantitative estimate of drug-likeness (QED) is 0.747. The zero-order chi connectivity index (χ0) is 18.4. The van der Waals surface area contributed by atoms with E-state index in [-0.39, 0.29) is 43.0 Å². The van der Waals surface area contributed by atoms with Gasteiger partial charge in [0.05, 0.1) is 0 Å². The smallest absolute Gasteiger partial charge is 0.306 e. The monoisotopic (exact) mass is 344 g/mol. The molecule has 3 rings (SSSR count). The van der Waals surface area contributed by atoms with E-state index in [4.69, 9.17) is 9.84 Å². The molecule has 3 aliphatic carbocycles. The number of aliphatic carboxylic acids is 1. The Labute approximate surface area is 147 Å². The van der Waals surface area contributed by atoms with E-state index in [1.54, 1.807) is 0 Å². The summed E-state index contributed by atoms with van der Waals surface area (Å²) in [5.74, 6) is -1.10. The van der Waals surface area contributed by atoms with Crippen LogP contribution >= 0.6 is 0 Å². The predicted molar refractivity (Wildman–Crippen MR) is 91.8 cm³/mol. The summed E-state index contributed by atoms with van der Waals surface area (Å²) >= 11 is 0. The molecule has 1 fully saturated rings. The molecular weight excluding hydrogens is 320 g/mol. The highest BCUT2D eigenvalue weighted by Gasteiger charge is 2.56. The average Bonchev–Trinajstić information content (AvgIpc) is 3.28. The first-order valence-electron chi connectivity index (χ1n) is 8.83. The van der Waals surface area contributed by atoms with Crippen LogP contribution in [0.2, 0.25) is 0 Å². The fourth-order valence-corrected chi connectivity index (χ4v) is 4.15. The summed E-state index contributed by atoms with van der Waals surface area (Å²) in [6.45, 7) is 6.21. The van der Waals surface area contributed by atoms with Gasteiger partial charge in [-0.15, -0.1) is 0 Å². The molecule has 25 heavy (non-hydrogen) atoms. The number of carbonyl (C=O) groups excluding carboxylic acids is 2. The number of esters is 1. The fourth-order valence-electron chi connectivity index (χ4n) is 4.15. The maximum atomic E-state index is 12.7. The SMILES string of the molecule is CC1=C(COC(=O)CCCC(=O)O)C2=C(C)C3(CC3)[C@H](C)C(=O)C2=C1. The minimum atomic E-state index is -0.915. The Balaban J connectivity index is 1.72. The third kappa shape index (κ3) is 2.96. The van der Waals surface area contributed by atoms with Gasteiger partial charge >= 0.3 is 11.9 Å². The Morgan fingerprint density at radius 1 is 1.28 bits per heavy atom. The lowest BCUT2D eigenvalue weighted by Crippen LogP contribution is -2.31. The second-order valence-electron chi connectivity index (χ2n) is 7.37. The summed E-state index contributed by atoms with van der Waals surface area (Å²) in [4.78, 5) is 35.1. The molecule has 0 aromatic rings. The summed E-state index contributed by atoms with van der Waals surface area (Å²) in [5.41, 5.74) is 4.89. The number of carbonyl (C=O) groups is 3. The number of carboxylic acids is 1. The highest BCUT2D eigenvalue weighted by atomic mass is 16.5. The number of Topliss-reactive ketones (excluding diaryl/α,β-unsaturated/α-hetero) is 1. The van der Waals surface area contributed by atoms with Crippen LogP contribution in [0.3, 0.4) is 0 Å². The zero-order valence-corrected chi connectivity index (χ0v) is 15.0. The molecule has 3 aliphatic rings. The van der Waals surface area contributed by atoms with Crippen LogP contribution in [-0.4, -0.2) is 29.4 Å². The standard InChI is InChI=1S/C20H24O5/c1-11-9-14-18(12(2)20(7-8-20)13(3)19(14)24)15(11)10-25-17(23)6-4-5-16(21)22/h9,13H,4-8,10H2,1-3H3,(H,21,22)/t13-/m1/s1. The van der Waals surface area contributed by atoms with Gasteiger partial charge in [-0.1, -0.05) is 12.5 Å². The lowest BCUT2D eigenvalue weighted by Gasteiger charge is -2.32. The summed E-state index contributed by atoms with van der Waals surface area (Å²) < 4.78 is 5.36. The minimum absolute atomic E-state index is 0.00508. The molecule has 1 saturated carbocycles. The van der Waals surface area contributed by atoms with Crippen molar-refractivity contribution in [3.63, 3.8) is 0 Å². The Hall–Kier alpha value is -2.17. The number of ether oxygens (including phenoxy) is 1. The number of ketones is 1. The van der Waals surface area contributed by atoms with Gasteiger partial charge in [0.25, 0.3) is 0 Å². The van der Waals surface area contributed by atoms with E-state index < -0.39 is 11.9 Å². The summed E-state index contributed by atoms with van der Waals surface area (Å²) in [5, 5.41) is 8.62. The van der Waals surface area contributed by atoms with E-state index in [1.165, 1.54) is 5.57 Å². The third-order valence-electron chi connectivity index (χ3n) is 5.96. The van der Waals surface area contributed by atoms with E-state index >= 15 is 0 Å². The number of carboxylic acid groups (broad SMARTS) is 1. The maximum Gasteiger partial charge on any atom is 0.306 e. The largest absolute Gasteiger partial charge is 0.481 e. The van der Waals surface area contributed by atoms with E-state index in [9.17, 15) is 14.4 Å². The number of fused-ring (bicyclic) bond motifs is 1. The van der Waals surface area contributed by atoms with Crippen molar-refractivity contribution in [2.24, 2.45) is 11.3 Å². The van der Waals surface area contributed by atoms with Crippen molar-refractivity contribution in [1.82, 2.24) is 0 Å². The average molecular weight is 344 g/mol. The van der Waals surface area contributed by atoms with Gasteiger partial charge in [0.15, 0.2) is 5.78 Å². The highest BCUT2D eigenvalue weighted by molar-refractivity contribution is 6.07. The molecule has 1 atom stereocenters. The summed E-state index contributed by atoms with van der Waals surface area (Å²) in [6.07, 6.45) is 4.34.